The largest absolute Gasteiger partial charge is 0.469 e. The maximum Gasteiger partial charge on any atom is 0.339 e. The molecule has 0 spiro atoms. The normalized spacial score (nSPS) is 37.4. The van der Waals surface area contributed by atoms with Crippen molar-refractivity contribution in [1.82, 2.24) is 0 Å². The molecule has 10 heteroatoms. The molecular formula is C43H68O10. The Morgan fingerprint density at radius 1 is 1.08 bits per heavy atom. The molecule has 1 saturated heterocycles. The van der Waals surface area contributed by atoms with Crippen molar-refractivity contribution in [2.24, 2.45) is 45.8 Å². The number of esters is 3. The second-order valence-electron chi connectivity index (χ2n) is 18.1. The maximum absolute atomic E-state index is 14.0. The van der Waals surface area contributed by atoms with Gasteiger partial charge in [0, 0.05) is 17.8 Å². The summed E-state index contributed by atoms with van der Waals surface area (Å²) in [5.41, 5.74) is -0.873. The van der Waals surface area contributed by atoms with Gasteiger partial charge < -0.3 is 34.3 Å². The number of hydrogen-bond acceptors (Lipinski definition) is 10. The Balaban J connectivity index is 1.95. The Morgan fingerprint density at radius 2 is 1.74 bits per heavy atom. The first-order valence-corrected chi connectivity index (χ1v) is 19.8. The number of hydrogen-bond donors (Lipinski definition) is 3. The highest BCUT2D eigenvalue weighted by Crippen LogP contribution is 2.72. The molecule has 3 fully saturated rings. The quantitative estimate of drug-likeness (QED) is 0.106. The van der Waals surface area contributed by atoms with Gasteiger partial charge >= 0.3 is 17.9 Å². The van der Waals surface area contributed by atoms with Crippen molar-refractivity contribution in [3.05, 3.63) is 34.9 Å². The third-order valence-electron chi connectivity index (χ3n) is 14.0. The summed E-state index contributed by atoms with van der Waals surface area (Å²) < 4.78 is 24.4. The Kier molecular flexibility index (Phi) is 13.3. The number of aliphatic hydroxyl groups is 3. The van der Waals surface area contributed by atoms with Crippen molar-refractivity contribution >= 4 is 17.9 Å². The zero-order chi connectivity index (χ0) is 39.8. The van der Waals surface area contributed by atoms with Gasteiger partial charge in [-0.2, -0.15) is 0 Å². The van der Waals surface area contributed by atoms with Gasteiger partial charge in [-0.05, 0) is 114 Å². The first kappa shape index (κ1) is 43.2. The van der Waals surface area contributed by atoms with Crippen LogP contribution in [0.1, 0.15) is 121 Å². The molecule has 300 valence electrons. The predicted molar refractivity (Wildman–Crippen MR) is 202 cm³/mol. The van der Waals surface area contributed by atoms with Crippen molar-refractivity contribution in [3.63, 3.8) is 0 Å². The molecule has 0 aromatic carbocycles. The Morgan fingerprint density at radius 3 is 2.30 bits per heavy atom. The first-order valence-electron chi connectivity index (χ1n) is 19.8. The van der Waals surface area contributed by atoms with Crippen LogP contribution >= 0.6 is 0 Å². The third-order valence-corrected chi connectivity index (χ3v) is 14.0. The van der Waals surface area contributed by atoms with Crippen molar-refractivity contribution in [1.29, 1.82) is 0 Å². The minimum atomic E-state index is -1.47. The smallest absolute Gasteiger partial charge is 0.339 e. The second kappa shape index (κ2) is 16.3. The van der Waals surface area contributed by atoms with Gasteiger partial charge in [0.15, 0.2) is 12.2 Å². The molecule has 0 amide bonds. The van der Waals surface area contributed by atoms with Crippen LogP contribution in [0.2, 0.25) is 0 Å². The summed E-state index contributed by atoms with van der Waals surface area (Å²) >= 11 is 0. The van der Waals surface area contributed by atoms with Gasteiger partial charge in [-0.3, -0.25) is 4.79 Å². The average Bonchev–Trinajstić information content (AvgIpc) is 3.69. The number of rotatable bonds is 13. The lowest BCUT2D eigenvalue weighted by atomic mass is 9.39. The van der Waals surface area contributed by atoms with Gasteiger partial charge in [0.1, 0.15) is 12.2 Å². The van der Waals surface area contributed by atoms with E-state index in [1.807, 2.05) is 13.8 Å². The van der Waals surface area contributed by atoms with Crippen LogP contribution in [0.5, 0.6) is 0 Å². The summed E-state index contributed by atoms with van der Waals surface area (Å²) in [5, 5.41) is 34.1. The predicted octanol–water partition coefficient (Wildman–Crippen LogP) is 6.64. The van der Waals surface area contributed by atoms with E-state index in [0.29, 0.717) is 31.4 Å². The third kappa shape index (κ3) is 8.22. The highest BCUT2D eigenvalue weighted by molar-refractivity contribution is 5.78. The molecule has 0 aromatic heterocycles. The van der Waals surface area contributed by atoms with Gasteiger partial charge in [0.05, 0.1) is 25.4 Å². The number of allylic oxidation sites excluding steroid dienone is 3. The number of carbonyl (C=O) groups is 3. The summed E-state index contributed by atoms with van der Waals surface area (Å²) in [6.07, 6.45) is 4.98. The van der Waals surface area contributed by atoms with E-state index in [1.165, 1.54) is 12.7 Å². The molecule has 4 aliphatic rings. The van der Waals surface area contributed by atoms with Crippen LogP contribution in [0.4, 0.5) is 0 Å². The molecule has 1 heterocycles. The fourth-order valence-electron chi connectivity index (χ4n) is 11.1. The molecule has 0 radical (unpaired) electrons. The molecular weight excluding hydrogens is 676 g/mol. The number of ether oxygens (including phenoxy) is 4. The van der Waals surface area contributed by atoms with Gasteiger partial charge in [-0.25, -0.2) is 9.59 Å². The fraction of sp³-hybridized carbons (Fsp3) is 0.791. The fourth-order valence-corrected chi connectivity index (χ4v) is 11.1. The van der Waals surface area contributed by atoms with Crippen LogP contribution in [0.15, 0.2) is 34.9 Å². The van der Waals surface area contributed by atoms with E-state index >= 15 is 0 Å². The Hall–Kier alpha value is -2.53. The van der Waals surface area contributed by atoms with Crippen LogP contribution in [-0.4, -0.2) is 83.1 Å². The molecule has 1 aliphatic heterocycles. The standard InChI is InChI=1S/C43H68O10/c1-13-25(5)35(45)38(47)52-30-22-42(10)29(27-20-28(51-23-27)19-24(3)4)15-16-31(42)43(11)33(53-39(48)36(46)26(6)14-2)21-32(40(7,8)49)41(9,37(30)43)18-17-34(44)50-12/h14,16,19,25,27-30,32-33,35-37,45-46,49H,13,15,17-18,20-23H2,1-12H3/t25-,27-,28-,29+,30-,32?,33-,35-,36-,37-,41+,42+,43-/m1/s1. The van der Waals surface area contributed by atoms with Crippen LogP contribution in [-0.2, 0) is 33.3 Å². The van der Waals surface area contributed by atoms with Crippen molar-refractivity contribution in [3.8, 4) is 0 Å². The SMILES string of the molecule is CC=C(C)[C@@H](O)C(=O)O[C@@H]1CC(C(C)(C)O)[C@](C)(CCC(=O)OC)[C@H]2[C@H](OC(=O)[C@H](O)[C@H](C)CC)C[C@]3(C)C(=CC[C@H]3[C@H]3CO[C@H](C=C(C)C)C3)[C@]12C. The first-order chi connectivity index (χ1) is 24.6. The molecule has 0 bridgehead atoms. The van der Waals surface area contributed by atoms with E-state index in [1.54, 1.807) is 33.8 Å². The van der Waals surface area contributed by atoms with Crippen LogP contribution in [0.25, 0.3) is 0 Å². The van der Waals surface area contributed by atoms with Gasteiger partial charge in [0.2, 0.25) is 0 Å². The van der Waals surface area contributed by atoms with E-state index in [0.717, 1.165) is 18.4 Å². The number of fused-ring (bicyclic) bond motifs is 3. The highest BCUT2D eigenvalue weighted by Gasteiger charge is 2.71. The molecule has 13 atom stereocenters. The molecule has 10 nitrogen and oxygen atoms in total. The van der Waals surface area contributed by atoms with Crippen LogP contribution < -0.4 is 0 Å². The molecule has 4 rings (SSSR count). The van der Waals surface area contributed by atoms with E-state index in [2.05, 4.69) is 46.8 Å². The van der Waals surface area contributed by atoms with Gasteiger partial charge in [-0.1, -0.05) is 70.4 Å². The lowest BCUT2D eigenvalue weighted by Crippen LogP contribution is -2.68. The minimum Gasteiger partial charge on any atom is -0.469 e. The number of methoxy groups -OCH3 is 1. The zero-order valence-corrected chi connectivity index (χ0v) is 34.4. The van der Waals surface area contributed by atoms with E-state index in [4.69, 9.17) is 18.9 Å². The minimum absolute atomic E-state index is 0.0118. The van der Waals surface area contributed by atoms with Gasteiger partial charge in [-0.15, -0.1) is 0 Å². The molecule has 53 heavy (non-hydrogen) atoms. The Labute approximate surface area is 317 Å². The highest BCUT2D eigenvalue weighted by atomic mass is 16.6. The molecule has 2 saturated carbocycles. The van der Waals surface area contributed by atoms with E-state index < -0.39 is 76.0 Å². The lowest BCUT2D eigenvalue weighted by molar-refractivity contribution is -0.241. The van der Waals surface area contributed by atoms with Crippen molar-refractivity contribution in [2.45, 2.75) is 157 Å². The molecule has 3 N–H and O–H groups in total. The summed E-state index contributed by atoms with van der Waals surface area (Å²) in [7, 11) is 1.35. The monoisotopic (exact) mass is 744 g/mol. The van der Waals surface area contributed by atoms with Crippen LogP contribution in [0, 0.1) is 45.8 Å². The zero-order valence-electron chi connectivity index (χ0n) is 34.4. The Bertz CT molecular complexity index is 1450. The summed E-state index contributed by atoms with van der Waals surface area (Å²) in [5.74, 6) is -2.97. The topological polar surface area (TPSA) is 149 Å². The molecule has 0 aromatic rings. The van der Waals surface area contributed by atoms with Gasteiger partial charge in [0.25, 0.3) is 0 Å². The lowest BCUT2D eigenvalue weighted by Gasteiger charge is -2.67. The van der Waals surface area contributed by atoms with Crippen LogP contribution in [0.3, 0.4) is 0 Å². The van der Waals surface area contributed by atoms with Crippen molar-refractivity contribution < 1.29 is 48.7 Å². The number of carbonyl (C=O) groups excluding carboxylic acids is 3. The average molecular weight is 745 g/mol. The summed E-state index contributed by atoms with van der Waals surface area (Å²) in [4.78, 5) is 40.6. The second-order valence-corrected chi connectivity index (χ2v) is 18.1. The van der Waals surface area contributed by atoms with E-state index in [9.17, 15) is 29.7 Å². The molecule has 1 unspecified atom stereocenters. The van der Waals surface area contributed by atoms with E-state index in [-0.39, 0.29) is 36.7 Å². The summed E-state index contributed by atoms with van der Waals surface area (Å²) in [6.45, 7) is 21.7. The number of aliphatic hydroxyl groups excluding tert-OH is 2. The maximum atomic E-state index is 14.0. The van der Waals surface area contributed by atoms with Crippen molar-refractivity contribution in [2.75, 3.05) is 13.7 Å². The molecule has 3 aliphatic carbocycles. The summed E-state index contributed by atoms with van der Waals surface area (Å²) in [6, 6.07) is 0.